The summed E-state index contributed by atoms with van der Waals surface area (Å²) in [4.78, 5) is 40.7. The van der Waals surface area contributed by atoms with E-state index in [1.807, 2.05) is 38.1 Å². The highest BCUT2D eigenvalue weighted by Gasteiger charge is 2.41. The van der Waals surface area contributed by atoms with E-state index in [4.69, 9.17) is 9.90 Å². The van der Waals surface area contributed by atoms with Crippen molar-refractivity contribution in [1.29, 1.82) is 0 Å². The molecule has 2 aromatic rings. The second-order valence-electron chi connectivity index (χ2n) is 14.4. The van der Waals surface area contributed by atoms with Gasteiger partial charge >= 0.3 is 12.1 Å². The number of nitrogens with zero attached hydrogens (tertiary/aromatic N) is 4. The molecule has 0 radical (unpaired) electrons. The first-order valence-corrected chi connectivity index (χ1v) is 20.1. The quantitative estimate of drug-likeness (QED) is 0.251. The third kappa shape index (κ3) is 11.5. The van der Waals surface area contributed by atoms with Crippen LogP contribution in [0.25, 0.3) is 10.9 Å². The molecule has 3 saturated heterocycles. The minimum atomic E-state index is -5.08. The van der Waals surface area contributed by atoms with Crippen molar-refractivity contribution in [2.24, 2.45) is 0 Å². The summed E-state index contributed by atoms with van der Waals surface area (Å²) >= 11 is 0. The highest BCUT2D eigenvalue weighted by Crippen LogP contribution is 2.36. The Kier molecular flexibility index (Phi) is 14.5. The van der Waals surface area contributed by atoms with Crippen molar-refractivity contribution in [1.82, 2.24) is 24.0 Å². The van der Waals surface area contributed by atoms with E-state index in [0.717, 1.165) is 49.9 Å². The number of aromatic nitrogens is 1. The zero-order valence-corrected chi connectivity index (χ0v) is 30.9. The number of fused-ring (bicyclic) bond motifs is 3. The molecule has 1 amide bonds. The summed E-state index contributed by atoms with van der Waals surface area (Å²) in [5, 5.41) is 11.3. The molecule has 51 heavy (non-hydrogen) atoms. The van der Waals surface area contributed by atoms with E-state index in [0.29, 0.717) is 25.2 Å². The van der Waals surface area contributed by atoms with Gasteiger partial charge in [0.1, 0.15) is 5.56 Å². The summed E-state index contributed by atoms with van der Waals surface area (Å²) in [5.41, 5.74) is 0.913. The Hall–Kier alpha value is -3.01. The molecule has 3 aliphatic heterocycles. The molecule has 3 aliphatic rings. The van der Waals surface area contributed by atoms with Gasteiger partial charge in [0, 0.05) is 50.3 Å². The van der Waals surface area contributed by atoms with Crippen molar-refractivity contribution >= 4 is 32.8 Å². The maximum absolute atomic E-state index is 13.4. The number of carbonyl (C=O) groups excluding carboxylic acids is 1. The number of piperazine rings is 1. The van der Waals surface area contributed by atoms with Crippen molar-refractivity contribution in [2.75, 3.05) is 45.5 Å². The summed E-state index contributed by atoms with van der Waals surface area (Å²) < 4.78 is 58.4. The third-order valence-corrected chi connectivity index (χ3v) is 11.7. The Morgan fingerprint density at radius 3 is 1.96 bits per heavy atom. The molecule has 15 heteroatoms. The molecular formula is C36H54F3N5O6S. The van der Waals surface area contributed by atoms with Crippen LogP contribution in [0.15, 0.2) is 35.1 Å². The van der Waals surface area contributed by atoms with Crippen molar-refractivity contribution in [2.45, 2.75) is 115 Å². The first kappa shape index (κ1) is 40.8. The number of sulfonamides is 1. The van der Waals surface area contributed by atoms with Crippen LogP contribution >= 0.6 is 0 Å². The molecule has 2 bridgehead atoms. The molecule has 4 heterocycles. The number of unbranched alkanes of at least 4 members (excludes halogenated alkanes) is 6. The number of aliphatic carboxylic acids is 1. The fourth-order valence-corrected chi connectivity index (χ4v) is 8.61. The molecule has 0 aliphatic carbocycles. The van der Waals surface area contributed by atoms with Crippen LogP contribution in [0.1, 0.15) is 101 Å². The molecule has 2 N–H and O–H groups in total. The summed E-state index contributed by atoms with van der Waals surface area (Å²) in [6.07, 6.45) is 9.38. The van der Waals surface area contributed by atoms with Gasteiger partial charge in [-0.15, -0.1) is 0 Å². The van der Waals surface area contributed by atoms with Crippen LogP contribution in [0.3, 0.4) is 0 Å². The van der Waals surface area contributed by atoms with Gasteiger partial charge in [0.15, 0.2) is 0 Å². The number of benzene rings is 1. The fourth-order valence-electron chi connectivity index (χ4n) is 7.78. The summed E-state index contributed by atoms with van der Waals surface area (Å²) in [5.74, 6) is -2.99. The van der Waals surface area contributed by atoms with Gasteiger partial charge in [-0.3, -0.25) is 14.5 Å². The summed E-state index contributed by atoms with van der Waals surface area (Å²) in [7, 11) is -3.05. The molecule has 0 saturated carbocycles. The molecular weight excluding hydrogens is 687 g/mol. The van der Waals surface area contributed by atoms with Gasteiger partial charge in [0.05, 0.1) is 11.8 Å². The number of para-hydroxylation sites is 1. The smallest absolute Gasteiger partial charge is 0.475 e. The van der Waals surface area contributed by atoms with E-state index < -0.39 is 22.2 Å². The average Bonchev–Trinajstić information content (AvgIpc) is 3.29. The minimum Gasteiger partial charge on any atom is -0.475 e. The van der Waals surface area contributed by atoms with E-state index in [9.17, 15) is 31.2 Å². The van der Waals surface area contributed by atoms with Crippen LogP contribution in [-0.4, -0.2) is 114 Å². The Bertz CT molecular complexity index is 1630. The zero-order valence-electron chi connectivity index (χ0n) is 30.0. The first-order valence-electron chi connectivity index (χ1n) is 18.2. The van der Waals surface area contributed by atoms with E-state index in [1.54, 1.807) is 14.9 Å². The molecule has 5 rings (SSSR count). The number of nitrogens with one attached hydrogen (secondary N) is 1. The van der Waals surface area contributed by atoms with Crippen LogP contribution in [0.5, 0.6) is 0 Å². The van der Waals surface area contributed by atoms with Gasteiger partial charge in [0.25, 0.3) is 11.5 Å². The number of carbonyl (C=O) groups is 2. The van der Waals surface area contributed by atoms with Crippen molar-refractivity contribution in [3.63, 3.8) is 0 Å². The summed E-state index contributed by atoms with van der Waals surface area (Å²) in [6.45, 7) is 9.15. The zero-order chi connectivity index (χ0) is 37.3. The standard InChI is InChI=1S/C34H53N5O4S.C2HF3O2/c1-26(2)39-32-14-10-9-13-27(32)23-31(34(39)41)33(40)35-28-24-29-15-16-30(25-28)38(29)18-12-8-6-4-5-7-11-17-36-19-21-37(22-20-36)44(3,42)43;3-2(4,5)1(6)7/h9-10,13-14,23,26,28-30H,4-8,11-12,15-22,24-25H2,1-3H3,(H,35,40);(H,6,7)/t28?,29-,30+;. The lowest BCUT2D eigenvalue weighted by Gasteiger charge is -2.39. The second kappa shape index (κ2) is 18.2. The monoisotopic (exact) mass is 741 g/mol. The molecule has 11 nitrogen and oxygen atoms in total. The highest BCUT2D eigenvalue weighted by molar-refractivity contribution is 7.88. The Labute approximate surface area is 299 Å². The number of carboxylic acids is 1. The van der Waals surface area contributed by atoms with Gasteiger partial charge in [-0.25, -0.2) is 13.2 Å². The number of carboxylic acid groups (broad SMARTS) is 1. The Morgan fingerprint density at radius 1 is 0.902 bits per heavy atom. The van der Waals surface area contributed by atoms with Crippen LogP contribution < -0.4 is 10.9 Å². The second-order valence-corrected chi connectivity index (χ2v) is 16.4. The topological polar surface area (TPSA) is 132 Å². The van der Waals surface area contributed by atoms with Crippen LogP contribution in [0, 0.1) is 0 Å². The predicted octanol–water partition coefficient (Wildman–Crippen LogP) is 5.25. The Morgan fingerprint density at radius 2 is 1.43 bits per heavy atom. The van der Waals surface area contributed by atoms with Gasteiger partial charge in [-0.1, -0.05) is 50.3 Å². The van der Waals surface area contributed by atoms with Crippen LogP contribution in [0.4, 0.5) is 13.2 Å². The first-order chi connectivity index (χ1) is 24.1. The van der Waals surface area contributed by atoms with Crippen molar-refractivity contribution < 1.29 is 36.3 Å². The molecule has 0 spiro atoms. The third-order valence-electron chi connectivity index (χ3n) is 10.4. The van der Waals surface area contributed by atoms with Gasteiger partial charge in [-0.2, -0.15) is 17.5 Å². The van der Waals surface area contributed by atoms with E-state index in [1.165, 1.54) is 64.0 Å². The highest BCUT2D eigenvalue weighted by atomic mass is 32.2. The van der Waals surface area contributed by atoms with Crippen molar-refractivity contribution in [3.05, 3.63) is 46.2 Å². The molecule has 1 aromatic heterocycles. The predicted molar refractivity (Wildman–Crippen MR) is 191 cm³/mol. The van der Waals surface area contributed by atoms with Gasteiger partial charge in [0.2, 0.25) is 10.0 Å². The van der Waals surface area contributed by atoms with E-state index in [-0.39, 0.29) is 29.1 Å². The van der Waals surface area contributed by atoms with Crippen LogP contribution in [-0.2, 0) is 14.8 Å². The van der Waals surface area contributed by atoms with Gasteiger partial charge in [-0.05, 0) is 83.0 Å². The number of pyridine rings is 1. The van der Waals surface area contributed by atoms with E-state index in [2.05, 4.69) is 15.1 Å². The number of rotatable bonds is 14. The van der Waals surface area contributed by atoms with Crippen molar-refractivity contribution in [3.8, 4) is 0 Å². The number of alkyl halides is 3. The minimum absolute atomic E-state index is 0.0253. The fraction of sp³-hybridized carbons (Fsp3) is 0.694. The lowest BCUT2D eigenvalue weighted by Crippen LogP contribution is -2.51. The average molecular weight is 742 g/mol. The molecule has 286 valence electrons. The SMILES string of the molecule is CC(C)n1c(=O)c(C(=O)NC2C[C@H]3CC[C@@H](C2)N3CCCCCCCCCN2CCN(S(C)(=O)=O)CC2)cc2ccccc21.O=C(O)C(F)(F)F. The molecule has 3 fully saturated rings. The normalized spacial score (nSPS) is 21.8. The number of amides is 1. The lowest BCUT2D eigenvalue weighted by atomic mass is 9.96. The maximum atomic E-state index is 13.4. The van der Waals surface area contributed by atoms with Gasteiger partial charge < -0.3 is 19.9 Å². The number of hydrogen-bond donors (Lipinski definition) is 2. The Balaban J connectivity index is 0.000000755. The molecule has 1 unspecified atom stereocenters. The number of halogens is 3. The lowest BCUT2D eigenvalue weighted by molar-refractivity contribution is -0.192. The number of piperidine rings is 1. The van der Waals surface area contributed by atoms with Crippen LogP contribution in [0.2, 0.25) is 0 Å². The largest absolute Gasteiger partial charge is 0.490 e. The molecule has 3 atom stereocenters. The molecule has 1 aromatic carbocycles. The van der Waals surface area contributed by atoms with E-state index >= 15 is 0 Å². The number of hydrogen-bond acceptors (Lipinski definition) is 7. The maximum Gasteiger partial charge on any atom is 0.490 e. The summed E-state index contributed by atoms with van der Waals surface area (Å²) in [6, 6.07) is 10.7.